The summed E-state index contributed by atoms with van der Waals surface area (Å²) < 4.78 is 5.74. The Balaban J connectivity index is 1.69. The first-order valence-corrected chi connectivity index (χ1v) is 10.3. The van der Waals surface area contributed by atoms with Crippen molar-refractivity contribution in [3.8, 4) is 11.5 Å². The molecule has 2 aromatic rings. The number of aromatic nitrogens is 1. The van der Waals surface area contributed by atoms with E-state index in [0.29, 0.717) is 35.2 Å². The smallest absolute Gasteiger partial charge is 0.217 e. The fraction of sp³-hybridized carbons (Fsp3) is 0.526. The minimum absolute atomic E-state index is 0.0906. The van der Waals surface area contributed by atoms with Crippen molar-refractivity contribution in [2.24, 2.45) is 10.7 Å². The number of guanidine groups is 1. The van der Waals surface area contributed by atoms with Gasteiger partial charge in [0, 0.05) is 24.9 Å². The van der Waals surface area contributed by atoms with E-state index in [0.717, 1.165) is 12.2 Å². The van der Waals surface area contributed by atoms with Gasteiger partial charge in [-0.2, -0.15) is 4.99 Å². The van der Waals surface area contributed by atoms with Gasteiger partial charge in [0.25, 0.3) is 0 Å². The van der Waals surface area contributed by atoms with Crippen molar-refractivity contribution in [3.63, 3.8) is 0 Å². The first kappa shape index (κ1) is 19.4. The van der Waals surface area contributed by atoms with Gasteiger partial charge < -0.3 is 20.4 Å². The van der Waals surface area contributed by atoms with Crippen LogP contribution in [0.15, 0.2) is 26.9 Å². The molecule has 8 heteroatoms. The highest BCUT2D eigenvalue weighted by molar-refractivity contribution is 7.13. The van der Waals surface area contributed by atoms with E-state index >= 15 is 0 Å². The van der Waals surface area contributed by atoms with Crippen LogP contribution in [0.3, 0.4) is 0 Å². The van der Waals surface area contributed by atoms with E-state index < -0.39 is 0 Å². The zero-order valence-corrected chi connectivity index (χ0v) is 16.7. The summed E-state index contributed by atoms with van der Waals surface area (Å²) >= 11 is 1.44. The normalized spacial score (nSPS) is 15.7. The number of aliphatic imine (C=N–C) groups is 1. The third kappa shape index (κ3) is 5.09. The number of hydrogen-bond donors (Lipinski definition) is 2. The minimum Gasteiger partial charge on any atom is -0.458 e. The average Bonchev–Trinajstić information content (AvgIpc) is 3.31. The largest absolute Gasteiger partial charge is 0.458 e. The van der Waals surface area contributed by atoms with E-state index in [4.69, 9.17) is 10.2 Å². The Kier molecular flexibility index (Phi) is 6.49. The number of amides is 1. The molecule has 2 aromatic heterocycles. The summed E-state index contributed by atoms with van der Waals surface area (Å²) in [5, 5.41) is 5.24. The topological polar surface area (TPSA) is 96.7 Å². The van der Waals surface area contributed by atoms with Crippen molar-refractivity contribution >= 4 is 28.3 Å². The molecule has 0 radical (unpaired) electrons. The number of rotatable bonds is 6. The van der Waals surface area contributed by atoms with Crippen molar-refractivity contribution in [1.82, 2.24) is 15.2 Å². The first-order chi connectivity index (χ1) is 13.1. The Morgan fingerprint density at radius 1 is 1.41 bits per heavy atom. The summed E-state index contributed by atoms with van der Waals surface area (Å²) in [6.45, 7) is 4.81. The van der Waals surface area contributed by atoms with E-state index in [1.54, 1.807) is 0 Å². The number of thiazole rings is 1. The van der Waals surface area contributed by atoms with Crippen LogP contribution in [-0.2, 0) is 11.3 Å². The molecule has 0 spiro atoms. The van der Waals surface area contributed by atoms with Crippen molar-refractivity contribution in [2.75, 3.05) is 6.54 Å². The van der Waals surface area contributed by atoms with E-state index in [2.05, 4.69) is 27.1 Å². The molecule has 0 saturated heterocycles. The maximum atomic E-state index is 11.0. The molecule has 1 fully saturated rings. The SMILES string of the molecule is CCN(/C(N)=N/c1nc(-c2ccc(CNC(C)=O)o2)cs1)C1CCCCC1. The first-order valence-electron chi connectivity index (χ1n) is 9.46. The summed E-state index contributed by atoms with van der Waals surface area (Å²) in [5.74, 6) is 1.79. The third-order valence-corrected chi connectivity index (χ3v) is 5.51. The quantitative estimate of drug-likeness (QED) is 0.581. The van der Waals surface area contributed by atoms with Crippen LogP contribution in [0.4, 0.5) is 5.13 Å². The Labute approximate surface area is 163 Å². The molecule has 3 N–H and O–H groups in total. The van der Waals surface area contributed by atoms with Crippen LogP contribution >= 0.6 is 11.3 Å². The fourth-order valence-electron chi connectivity index (χ4n) is 3.41. The molecule has 0 aromatic carbocycles. The van der Waals surface area contributed by atoms with Gasteiger partial charge in [0.05, 0.1) is 6.54 Å². The van der Waals surface area contributed by atoms with Crippen LogP contribution in [0, 0.1) is 0 Å². The highest BCUT2D eigenvalue weighted by Crippen LogP contribution is 2.29. The average molecular weight is 390 g/mol. The Hall–Kier alpha value is -2.35. The lowest BCUT2D eigenvalue weighted by molar-refractivity contribution is -0.119. The van der Waals surface area contributed by atoms with Crippen LogP contribution < -0.4 is 11.1 Å². The van der Waals surface area contributed by atoms with Gasteiger partial charge in [0.2, 0.25) is 11.0 Å². The second kappa shape index (κ2) is 9.03. The van der Waals surface area contributed by atoms with Crippen molar-refractivity contribution in [3.05, 3.63) is 23.3 Å². The fourth-order valence-corrected chi connectivity index (χ4v) is 4.10. The molecule has 146 valence electrons. The molecule has 0 atom stereocenters. The van der Waals surface area contributed by atoms with Crippen LogP contribution in [0.2, 0.25) is 0 Å². The van der Waals surface area contributed by atoms with Crippen molar-refractivity contribution in [2.45, 2.75) is 58.5 Å². The van der Waals surface area contributed by atoms with Crippen LogP contribution in [-0.4, -0.2) is 34.3 Å². The predicted molar refractivity (Wildman–Crippen MR) is 108 cm³/mol. The lowest BCUT2D eigenvalue weighted by Gasteiger charge is -2.34. The van der Waals surface area contributed by atoms with Gasteiger partial charge in [0.15, 0.2) is 11.7 Å². The van der Waals surface area contributed by atoms with E-state index in [1.165, 1.54) is 50.4 Å². The summed E-state index contributed by atoms with van der Waals surface area (Å²) in [5.41, 5.74) is 7.01. The van der Waals surface area contributed by atoms with Gasteiger partial charge >= 0.3 is 0 Å². The number of hydrogen-bond acceptors (Lipinski definition) is 5. The number of carbonyl (C=O) groups is 1. The maximum absolute atomic E-state index is 11.0. The van der Waals surface area contributed by atoms with Crippen molar-refractivity contribution < 1.29 is 9.21 Å². The summed E-state index contributed by atoms with van der Waals surface area (Å²) in [4.78, 5) is 22.3. The number of nitrogens with zero attached hydrogens (tertiary/aromatic N) is 3. The molecule has 0 aliphatic heterocycles. The van der Waals surface area contributed by atoms with Gasteiger partial charge in [-0.3, -0.25) is 4.79 Å². The van der Waals surface area contributed by atoms with Gasteiger partial charge in [-0.05, 0) is 31.9 Å². The molecule has 27 heavy (non-hydrogen) atoms. The molecule has 1 aliphatic rings. The summed E-state index contributed by atoms with van der Waals surface area (Å²) in [6.07, 6.45) is 6.19. The predicted octanol–water partition coefficient (Wildman–Crippen LogP) is 3.64. The molecule has 1 aliphatic carbocycles. The number of nitrogens with one attached hydrogen (secondary N) is 1. The zero-order chi connectivity index (χ0) is 19.2. The Morgan fingerprint density at radius 3 is 2.89 bits per heavy atom. The second-order valence-corrected chi connectivity index (χ2v) is 7.58. The second-order valence-electron chi connectivity index (χ2n) is 6.74. The highest BCUT2D eigenvalue weighted by Gasteiger charge is 2.21. The highest BCUT2D eigenvalue weighted by atomic mass is 32.1. The van der Waals surface area contributed by atoms with Crippen LogP contribution in [0.25, 0.3) is 11.5 Å². The van der Waals surface area contributed by atoms with E-state index in [-0.39, 0.29) is 5.91 Å². The van der Waals surface area contributed by atoms with E-state index in [1.807, 2.05) is 17.5 Å². The molecule has 0 bridgehead atoms. The van der Waals surface area contributed by atoms with Crippen LogP contribution in [0.5, 0.6) is 0 Å². The molecule has 1 saturated carbocycles. The molecule has 3 rings (SSSR count). The summed E-state index contributed by atoms with van der Waals surface area (Å²) in [6, 6.07) is 4.17. The Bertz CT molecular complexity index is 792. The number of carbonyl (C=O) groups excluding carboxylic acids is 1. The van der Waals surface area contributed by atoms with Gasteiger partial charge in [-0.25, -0.2) is 4.98 Å². The monoisotopic (exact) mass is 389 g/mol. The van der Waals surface area contributed by atoms with Gasteiger partial charge in [0.1, 0.15) is 11.5 Å². The standard InChI is InChI=1S/C19H27N5O2S/c1-3-24(14-7-5-4-6-8-14)18(20)23-19-22-16(12-27-19)17-10-9-15(26-17)11-21-13(2)25/h9-10,12,14H,3-8,11H2,1-2H3,(H,21,25)(H2,20,22,23). The maximum Gasteiger partial charge on any atom is 0.217 e. The van der Waals surface area contributed by atoms with Gasteiger partial charge in [-0.1, -0.05) is 19.3 Å². The molecule has 1 amide bonds. The number of nitrogens with two attached hydrogens (primary N) is 1. The summed E-state index contributed by atoms with van der Waals surface area (Å²) in [7, 11) is 0. The zero-order valence-electron chi connectivity index (χ0n) is 15.9. The molecular weight excluding hydrogens is 362 g/mol. The number of furan rings is 1. The van der Waals surface area contributed by atoms with Crippen LogP contribution in [0.1, 0.15) is 51.7 Å². The molecular formula is C19H27N5O2S. The Morgan fingerprint density at radius 2 is 2.19 bits per heavy atom. The van der Waals surface area contributed by atoms with Crippen molar-refractivity contribution in [1.29, 1.82) is 0 Å². The molecule has 7 nitrogen and oxygen atoms in total. The molecule has 2 heterocycles. The third-order valence-electron chi connectivity index (χ3n) is 4.78. The lowest BCUT2D eigenvalue weighted by Crippen LogP contribution is -2.45. The minimum atomic E-state index is -0.0906. The van der Waals surface area contributed by atoms with E-state index in [9.17, 15) is 4.79 Å². The molecule has 0 unspecified atom stereocenters. The lowest BCUT2D eigenvalue weighted by atomic mass is 9.94. The van der Waals surface area contributed by atoms with Gasteiger partial charge in [-0.15, -0.1) is 11.3 Å².